The van der Waals surface area contributed by atoms with Gasteiger partial charge in [0.25, 0.3) is 5.91 Å². The Kier molecular flexibility index (Phi) is 7.69. The molecule has 164 valence electrons. The van der Waals surface area contributed by atoms with Gasteiger partial charge in [0.2, 0.25) is 5.13 Å². The van der Waals surface area contributed by atoms with Crippen LogP contribution in [0, 0.1) is 0 Å². The standard InChI is InChI=1S/C21H23N3O5S2/c1-4-9-24-18(25)17(31-21(24)23-20-22-8-10-30-20)12-14-6-7-15(16(11-14)28-5-2)29-13(3)19(26)27/h6-8,10-13H,4-5,9H2,1-3H3,(H,26,27)/b17-12+,23-21+. The number of carboxylic acid groups (broad SMARTS) is 1. The fourth-order valence-corrected chi connectivity index (χ4v) is 4.31. The Bertz CT molecular complexity index is 1000. The first-order chi connectivity index (χ1) is 14.9. The van der Waals surface area contributed by atoms with E-state index in [1.54, 1.807) is 35.4 Å². The van der Waals surface area contributed by atoms with Crippen molar-refractivity contribution in [1.82, 2.24) is 9.88 Å². The van der Waals surface area contributed by atoms with Crippen LogP contribution < -0.4 is 9.47 Å². The van der Waals surface area contributed by atoms with Crippen LogP contribution in [0.15, 0.2) is 39.7 Å². The average Bonchev–Trinajstić information content (AvgIpc) is 3.34. The number of amidine groups is 1. The lowest BCUT2D eigenvalue weighted by molar-refractivity contribution is -0.144. The maximum absolute atomic E-state index is 13.0. The summed E-state index contributed by atoms with van der Waals surface area (Å²) in [5.41, 5.74) is 0.738. The first-order valence-electron chi connectivity index (χ1n) is 9.78. The second kappa shape index (κ2) is 10.5. The fourth-order valence-electron chi connectivity index (χ4n) is 2.74. The molecule has 1 amide bonds. The summed E-state index contributed by atoms with van der Waals surface area (Å²) >= 11 is 2.71. The van der Waals surface area contributed by atoms with Crippen molar-refractivity contribution in [2.75, 3.05) is 13.2 Å². The number of nitrogens with zero attached hydrogens (tertiary/aromatic N) is 3. The third kappa shape index (κ3) is 5.65. The maximum Gasteiger partial charge on any atom is 0.344 e. The third-order valence-corrected chi connectivity index (χ3v) is 5.83. The number of aliphatic imine (C=N–C) groups is 1. The van der Waals surface area contributed by atoms with Crippen LogP contribution in [-0.2, 0) is 9.59 Å². The highest BCUT2D eigenvalue weighted by molar-refractivity contribution is 8.18. The van der Waals surface area contributed by atoms with Crippen molar-refractivity contribution >= 4 is 51.4 Å². The fraction of sp³-hybridized carbons (Fsp3) is 0.333. The highest BCUT2D eigenvalue weighted by atomic mass is 32.2. The summed E-state index contributed by atoms with van der Waals surface area (Å²) in [4.78, 5) is 35.0. The van der Waals surface area contributed by atoms with E-state index in [2.05, 4.69) is 9.98 Å². The van der Waals surface area contributed by atoms with Crippen LogP contribution in [0.3, 0.4) is 0 Å². The number of aliphatic carboxylic acids is 1. The zero-order valence-corrected chi connectivity index (χ0v) is 19.0. The summed E-state index contributed by atoms with van der Waals surface area (Å²) in [6, 6.07) is 5.14. The molecule has 2 aromatic rings. The minimum atomic E-state index is -1.07. The largest absolute Gasteiger partial charge is 0.490 e. The molecule has 0 bridgehead atoms. The number of thiazole rings is 1. The van der Waals surface area contributed by atoms with Gasteiger partial charge in [0.15, 0.2) is 22.8 Å². The number of carbonyl (C=O) groups is 2. The molecule has 1 aromatic heterocycles. The van der Waals surface area contributed by atoms with E-state index in [9.17, 15) is 9.59 Å². The molecule has 1 fully saturated rings. The van der Waals surface area contributed by atoms with Crippen LogP contribution in [0.2, 0.25) is 0 Å². The molecule has 0 saturated carbocycles. The second-order valence-electron chi connectivity index (χ2n) is 6.51. The molecule has 10 heteroatoms. The minimum Gasteiger partial charge on any atom is -0.490 e. The molecule has 31 heavy (non-hydrogen) atoms. The summed E-state index contributed by atoms with van der Waals surface area (Å²) in [5, 5.41) is 12.1. The van der Waals surface area contributed by atoms with E-state index < -0.39 is 12.1 Å². The lowest BCUT2D eigenvalue weighted by Crippen LogP contribution is -2.29. The topological polar surface area (TPSA) is 101 Å². The third-order valence-electron chi connectivity index (χ3n) is 4.16. The van der Waals surface area contributed by atoms with Gasteiger partial charge in [-0.2, -0.15) is 4.99 Å². The number of rotatable bonds is 9. The second-order valence-corrected chi connectivity index (χ2v) is 8.40. The van der Waals surface area contributed by atoms with E-state index >= 15 is 0 Å². The molecule has 1 unspecified atom stereocenters. The number of thioether (sulfide) groups is 1. The molecule has 1 N–H and O–H groups in total. The number of carboxylic acids is 1. The van der Waals surface area contributed by atoms with Crippen molar-refractivity contribution in [3.8, 4) is 11.5 Å². The zero-order chi connectivity index (χ0) is 22.4. The van der Waals surface area contributed by atoms with Crippen molar-refractivity contribution in [2.24, 2.45) is 4.99 Å². The van der Waals surface area contributed by atoms with Crippen molar-refractivity contribution in [3.63, 3.8) is 0 Å². The molecule has 1 atom stereocenters. The Balaban J connectivity index is 1.90. The molecular weight excluding hydrogens is 438 g/mol. The SMILES string of the molecule is CCCN1C(=O)/C(=C\c2ccc(OC(C)C(=O)O)c(OCC)c2)S/C1=N/c1nccs1. The molecule has 0 radical (unpaired) electrons. The number of aromatic nitrogens is 1. The Hall–Kier alpha value is -2.85. The molecule has 1 aliphatic rings. The monoisotopic (exact) mass is 461 g/mol. The summed E-state index contributed by atoms with van der Waals surface area (Å²) in [6.45, 7) is 6.24. The van der Waals surface area contributed by atoms with Crippen LogP contribution >= 0.6 is 23.1 Å². The molecule has 0 aliphatic carbocycles. The van der Waals surface area contributed by atoms with Crippen LogP contribution in [0.25, 0.3) is 6.08 Å². The van der Waals surface area contributed by atoms with Crippen molar-refractivity contribution in [2.45, 2.75) is 33.3 Å². The number of hydrogen-bond acceptors (Lipinski definition) is 8. The van der Waals surface area contributed by atoms with Gasteiger partial charge in [-0.1, -0.05) is 13.0 Å². The van der Waals surface area contributed by atoms with E-state index in [0.717, 1.165) is 12.0 Å². The van der Waals surface area contributed by atoms with Crippen LogP contribution in [-0.4, -0.2) is 51.3 Å². The lowest BCUT2D eigenvalue weighted by atomic mass is 10.1. The molecule has 1 saturated heterocycles. The molecule has 3 rings (SSSR count). The predicted octanol–water partition coefficient (Wildman–Crippen LogP) is 4.41. The summed E-state index contributed by atoms with van der Waals surface area (Å²) in [6.07, 6.45) is 3.24. The highest BCUT2D eigenvalue weighted by Crippen LogP contribution is 2.36. The quantitative estimate of drug-likeness (QED) is 0.552. The Labute approximate surface area is 188 Å². The number of ether oxygens (including phenoxy) is 2. The van der Waals surface area contributed by atoms with Gasteiger partial charge in [-0.15, -0.1) is 11.3 Å². The summed E-state index contributed by atoms with van der Waals surface area (Å²) in [7, 11) is 0. The van der Waals surface area contributed by atoms with Gasteiger partial charge in [-0.3, -0.25) is 9.69 Å². The van der Waals surface area contributed by atoms with E-state index in [1.165, 1.54) is 30.0 Å². The van der Waals surface area contributed by atoms with Gasteiger partial charge < -0.3 is 14.6 Å². The van der Waals surface area contributed by atoms with Gasteiger partial charge in [0.1, 0.15) is 0 Å². The predicted molar refractivity (Wildman–Crippen MR) is 122 cm³/mol. The van der Waals surface area contributed by atoms with Crippen LogP contribution in [0.1, 0.15) is 32.8 Å². The molecule has 1 aromatic carbocycles. The van der Waals surface area contributed by atoms with Gasteiger partial charge in [-0.25, -0.2) is 9.78 Å². The van der Waals surface area contributed by atoms with E-state index in [0.29, 0.717) is 39.9 Å². The minimum absolute atomic E-state index is 0.111. The van der Waals surface area contributed by atoms with Crippen molar-refractivity contribution < 1.29 is 24.2 Å². The Morgan fingerprint density at radius 2 is 2.16 bits per heavy atom. The molecule has 0 spiro atoms. The maximum atomic E-state index is 13.0. The molecular formula is C21H23N3O5S2. The number of benzene rings is 1. The first-order valence-corrected chi connectivity index (χ1v) is 11.5. The van der Waals surface area contributed by atoms with Crippen LogP contribution in [0.5, 0.6) is 11.5 Å². The Morgan fingerprint density at radius 1 is 1.35 bits per heavy atom. The molecule has 8 nitrogen and oxygen atoms in total. The van der Waals surface area contributed by atoms with E-state index in [4.69, 9.17) is 14.6 Å². The van der Waals surface area contributed by atoms with E-state index in [1.807, 2.05) is 19.2 Å². The molecule has 2 heterocycles. The number of amides is 1. The lowest BCUT2D eigenvalue weighted by Gasteiger charge is -2.15. The van der Waals surface area contributed by atoms with Crippen molar-refractivity contribution in [1.29, 1.82) is 0 Å². The smallest absolute Gasteiger partial charge is 0.344 e. The average molecular weight is 462 g/mol. The van der Waals surface area contributed by atoms with E-state index in [-0.39, 0.29) is 5.91 Å². The van der Waals surface area contributed by atoms with Gasteiger partial charge >= 0.3 is 5.97 Å². The Morgan fingerprint density at radius 3 is 2.81 bits per heavy atom. The summed E-state index contributed by atoms with van der Waals surface area (Å²) < 4.78 is 11.1. The molecule has 1 aliphatic heterocycles. The van der Waals surface area contributed by atoms with Crippen LogP contribution in [0.4, 0.5) is 5.13 Å². The van der Waals surface area contributed by atoms with Gasteiger partial charge in [0, 0.05) is 18.1 Å². The number of carbonyl (C=O) groups excluding carboxylic acids is 1. The number of hydrogen-bond donors (Lipinski definition) is 1. The highest BCUT2D eigenvalue weighted by Gasteiger charge is 2.33. The summed E-state index contributed by atoms with van der Waals surface area (Å²) in [5.74, 6) is -0.421. The van der Waals surface area contributed by atoms with Gasteiger partial charge in [0.05, 0.1) is 11.5 Å². The normalized spacial score (nSPS) is 17.4. The first kappa shape index (κ1) is 22.8. The zero-order valence-electron chi connectivity index (χ0n) is 17.4. The van der Waals surface area contributed by atoms with Crippen molar-refractivity contribution in [3.05, 3.63) is 40.2 Å². The van der Waals surface area contributed by atoms with Gasteiger partial charge in [-0.05, 0) is 55.8 Å².